The molecular formula is C17H22F3NO5. The van der Waals surface area contributed by atoms with Gasteiger partial charge in [-0.1, -0.05) is 12.1 Å². The summed E-state index contributed by atoms with van der Waals surface area (Å²) in [5.74, 6) is -2.35. The molecule has 0 saturated carbocycles. The van der Waals surface area contributed by atoms with Gasteiger partial charge in [0, 0.05) is 11.3 Å². The van der Waals surface area contributed by atoms with Crippen LogP contribution in [0.2, 0.25) is 0 Å². The number of carbonyl (C=O) groups is 2. The lowest BCUT2D eigenvalue weighted by Gasteiger charge is -2.29. The van der Waals surface area contributed by atoms with E-state index in [1.165, 1.54) is 13.8 Å². The number of carbonyl (C=O) groups excluding carboxylic acids is 2. The average molecular weight is 377 g/mol. The van der Waals surface area contributed by atoms with Crippen molar-refractivity contribution in [3.8, 4) is 0 Å². The number of nitrogens with one attached hydrogen (secondary N) is 1. The van der Waals surface area contributed by atoms with Gasteiger partial charge in [0.2, 0.25) is 0 Å². The van der Waals surface area contributed by atoms with E-state index >= 15 is 0 Å². The molecule has 0 amide bonds. The number of ether oxygens (including phenoxy) is 2. The minimum Gasteiger partial charge on any atom is -0.466 e. The molecule has 0 spiro atoms. The Bertz CT molecular complexity index is 666. The third kappa shape index (κ3) is 4.09. The molecule has 0 unspecified atom stereocenters. The molecule has 26 heavy (non-hydrogen) atoms. The SMILES string of the molecule is CCOC(=O)[C@@H](C)Nc1c(C)cc([C@@](O)(C(=O)OC)C(F)(F)F)cc1C. The molecule has 2 N–H and O–H groups in total. The summed E-state index contributed by atoms with van der Waals surface area (Å²) in [6.45, 7) is 6.38. The number of hydrogen-bond acceptors (Lipinski definition) is 6. The molecule has 1 aromatic carbocycles. The molecular weight excluding hydrogens is 355 g/mol. The first-order valence-electron chi connectivity index (χ1n) is 7.82. The monoisotopic (exact) mass is 377 g/mol. The number of methoxy groups -OCH3 is 1. The molecule has 9 heteroatoms. The number of hydrogen-bond donors (Lipinski definition) is 2. The van der Waals surface area contributed by atoms with Crippen molar-refractivity contribution in [3.63, 3.8) is 0 Å². The molecule has 0 aromatic heterocycles. The Morgan fingerprint density at radius 1 is 1.23 bits per heavy atom. The number of halogens is 3. The maximum Gasteiger partial charge on any atom is 0.432 e. The van der Waals surface area contributed by atoms with E-state index in [-0.39, 0.29) is 6.61 Å². The van der Waals surface area contributed by atoms with Crippen molar-refractivity contribution < 1.29 is 37.3 Å². The lowest BCUT2D eigenvalue weighted by molar-refractivity contribution is -0.266. The van der Waals surface area contributed by atoms with Crippen molar-refractivity contribution in [3.05, 3.63) is 28.8 Å². The summed E-state index contributed by atoms with van der Waals surface area (Å²) in [6.07, 6.45) is -5.27. The number of rotatable bonds is 6. The van der Waals surface area contributed by atoms with Gasteiger partial charge in [0.25, 0.3) is 5.60 Å². The molecule has 0 aliphatic carbocycles. The van der Waals surface area contributed by atoms with Crippen LogP contribution in [0.15, 0.2) is 12.1 Å². The van der Waals surface area contributed by atoms with Crippen LogP contribution in [-0.2, 0) is 24.7 Å². The van der Waals surface area contributed by atoms with Crippen molar-refractivity contribution in [2.75, 3.05) is 19.0 Å². The van der Waals surface area contributed by atoms with Crippen molar-refractivity contribution in [1.29, 1.82) is 0 Å². The molecule has 146 valence electrons. The van der Waals surface area contributed by atoms with Gasteiger partial charge in [-0.3, -0.25) is 0 Å². The smallest absolute Gasteiger partial charge is 0.432 e. The van der Waals surface area contributed by atoms with Crippen LogP contribution in [0.4, 0.5) is 18.9 Å². The Morgan fingerprint density at radius 3 is 2.12 bits per heavy atom. The molecule has 0 aliphatic rings. The second-order valence-electron chi connectivity index (χ2n) is 5.80. The van der Waals surface area contributed by atoms with Crippen LogP contribution in [0, 0.1) is 13.8 Å². The second kappa shape index (κ2) is 7.94. The molecule has 0 fully saturated rings. The van der Waals surface area contributed by atoms with E-state index in [0.29, 0.717) is 16.8 Å². The normalized spacial score (nSPS) is 15.0. The average Bonchev–Trinajstić information content (AvgIpc) is 2.55. The van der Waals surface area contributed by atoms with Gasteiger partial charge in [-0.15, -0.1) is 0 Å². The summed E-state index contributed by atoms with van der Waals surface area (Å²) in [6, 6.07) is 1.32. The number of anilines is 1. The Kier molecular flexibility index (Phi) is 6.65. The third-order valence-corrected chi connectivity index (χ3v) is 3.84. The first-order valence-corrected chi connectivity index (χ1v) is 7.82. The van der Waals surface area contributed by atoms with Crippen LogP contribution < -0.4 is 5.32 Å². The Labute approximate surface area is 149 Å². The van der Waals surface area contributed by atoms with Crippen LogP contribution >= 0.6 is 0 Å². The quantitative estimate of drug-likeness (QED) is 0.742. The predicted octanol–water partition coefficient (Wildman–Crippen LogP) is 2.59. The topological polar surface area (TPSA) is 84.9 Å². The first-order chi connectivity index (χ1) is 11.9. The fraction of sp³-hybridized carbons (Fsp3) is 0.529. The summed E-state index contributed by atoms with van der Waals surface area (Å²) in [5.41, 5.74) is -3.43. The molecule has 0 saturated heterocycles. The standard InChI is InChI=1S/C17H22F3NO5/c1-6-26-14(22)11(4)21-13-9(2)7-12(8-10(13)3)16(24,15(23)25-5)17(18,19)20/h7-8,11,21,24H,6H2,1-5H3/t11-,16-/m1/s1. The van der Waals surface area contributed by atoms with Gasteiger partial charge in [-0.25, -0.2) is 9.59 Å². The van der Waals surface area contributed by atoms with E-state index in [1.54, 1.807) is 13.8 Å². The molecule has 6 nitrogen and oxygen atoms in total. The van der Waals surface area contributed by atoms with Gasteiger partial charge >= 0.3 is 18.1 Å². The highest BCUT2D eigenvalue weighted by Crippen LogP contribution is 2.41. The van der Waals surface area contributed by atoms with Gasteiger partial charge in [0.15, 0.2) is 0 Å². The zero-order chi connectivity index (χ0) is 20.3. The summed E-state index contributed by atoms with van der Waals surface area (Å²) < 4.78 is 49.1. The molecule has 1 aromatic rings. The maximum absolute atomic E-state index is 13.4. The van der Waals surface area contributed by atoms with E-state index in [9.17, 15) is 27.9 Å². The fourth-order valence-corrected chi connectivity index (χ4v) is 2.49. The molecule has 0 radical (unpaired) electrons. The van der Waals surface area contributed by atoms with Gasteiger partial charge in [0.05, 0.1) is 13.7 Å². The maximum atomic E-state index is 13.4. The van der Waals surface area contributed by atoms with Crippen LogP contribution in [0.25, 0.3) is 0 Å². The Morgan fingerprint density at radius 2 is 1.73 bits per heavy atom. The van der Waals surface area contributed by atoms with Crippen molar-refractivity contribution in [2.24, 2.45) is 0 Å². The van der Waals surface area contributed by atoms with E-state index in [2.05, 4.69) is 10.1 Å². The first kappa shape index (κ1) is 21.8. The largest absolute Gasteiger partial charge is 0.466 e. The molecule has 2 atom stereocenters. The number of aliphatic hydroxyl groups is 1. The molecule has 0 aliphatic heterocycles. The zero-order valence-electron chi connectivity index (χ0n) is 15.2. The summed E-state index contributed by atoms with van der Waals surface area (Å²) in [7, 11) is 0.760. The summed E-state index contributed by atoms with van der Waals surface area (Å²) in [5, 5.41) is 12.9. The van der Waals surface area contributed by atoms with Gasteiger partial charge < -0.3 is 19.9 Å². The zero-order valence-corrected chi connectivity index (χ0v) is 15.2. The van der Waals surface area contributed by atoms with Crippen LogP contribution in [0.3, 0.4) is 0 Å². The van der Waals surface area contributed by atoms with Crippen molar-refractivity contribution in [1.82, 2.24) is 0 Å². The van der Waals surface area contributed by atoms with Gasteiger partial charge in [-0.2, -0.15) is 13.2 Å². The second-order valence-corrected chi connectivity index (χ2v) is 5.80. The van der Waals surface area contributed by atoms with Crippen molar-refractivity contribution >= 4 is 17.6 Å². The summed E-state index contributed by atoms with van der Waals surface area (Å²) in [4.78, 5) is 23.4. The lowest BCUT2D eigenvalue weighted by atomic mass is 9.89. The highest BCUT2D eigenvalue weighted by Gasteiger charge is 2.62. The van der Waals surface area contributed by atoms with Crippen molar-refractivity contribution in [2.45, 2.75) is 45.5 Å². The van der Waals surface area contributed by atoms with Crippen LogP contribution in [0.1, 0.15) is 30.5 Å². The van der Waals surface area contributed by atoms with Crippen LogP contribution in [-0.4, -0.2) is 43.0 Å². The van der Waals surface area contributed by atoms with Crippen LogP contribution in [0.5, 0.6) is 0 Å². The number of benzene rings is 1. The fourth-order valence-electron chi connectivity index (χ4n) is 2.49. The minimum absolute atomic E-state index is 0.194. The van der Waals surface area contributed by atoms with E-state index in [4.69, 9.17) is 4.74 Å². The van der Waals surface area contributed by atoms with Gasteiger partial charge in [0.1, 0.15) is 6.04 Å². The highest BCUT2D eigenvalue weighted by molar-refractivity contribution is 5.83. The molecule has 0 heterocycles. The number of aryl methyl sites for hydroxylation is 2. The third-order valence-electron chi connectivity index (χ3n) is 3.84. The molecule has 1 rings (SSSR count). The summed E-state index contributed by atoms with van der Waals surface area (Å²) >= 11 is 0. The highest BCUT2D eigenvalue weighted by atomic mass is 19.4. The minimum atomic E-state index is -5.27. The Balaban J connectivity index is 3.35. The Hall–Kier alpha value is -2.29. The van der Waals surface area contributed by atoms with Gasteiger partial charge in [-0.05, 0) is 38.8 Å². The van der Waals surface area contributed by atoms with E-state index in [0.717, 1.165) is 19.2 Å². The number of esters is 2. The number of alkyl halides is 3. The predicted molar refractivity (Wildman–Crippen MR) is 87.6 cm³/mol. The lowest BCUT2D eigenvalue weighted by Crippen LogP contribution is -2.50. The van der Waals surface area contributed by atoms with E-state index < -0.39 is 35.3 Å². The van der Waals surface area contributed by atoms with E-state index in [1.807, 2.05) is 0 Å². The molecule has 0 bridgehead atoms.